The number of benzene rings is 9. The number of rotatable bonds is 6. The normalized spacial score (nSPS) is 14.2. The summed E-state index contributed by atoms with van der Waals surface area (Å²) >= 11 is 1.84. The van der Waals surface area contributed by atoms with Gasteiger partial charge < -0.3 is 14.5 Å². The molecule has 0 saturated heterocycles. The molecule has 5 nitrogen and oxygen atoms in total. The van der Waals surface area contributed by atoms with E-state index in [0.29, 0.717) is 5.84 Å². The lowest BCUT2D eigenvalue weighted by Crippen LogP contribution is -2.34. The summed E-state index contributed by atoms with van der Waals surface area (Å²) in [5, 5.41) is 11.0. The van der Waals surface area contributed by atoms with Crippen LogP contribution in [0.2, 0.25) is 0 Å². The van der Waals surface area contributed by atoms with Crippen LogP contribution in [0.1, 0.15) is 22.9 Å². The molecule has 0 amide bonds. The summed E-state index contributed by atoms with van der Waals surface area (Å²) in [5.74, 6) is 1.43. The minimum atomic E-state index is -0.395. The fourth-order valence-electron chi connectivity index (χ4n) is 9.80. The third-order valence-corrected chi connectivity index (χ3v) is 13.7. The summed E-state index contributed by atoms with van der Waals surface area (Å²) in [7, 11) is 0. The van der Waals surface area contributed by atoms with Crippen LogP contribution in [0.25, 0.3) is 86.3 Å². The summed E-state index contributed by atoms with van der Waals surface area (Å²) in [6.45, 7) is 0. The van der Waals surface area contributed by atoms with E-state index in [-0.39, 0.29) is 0 Å². The third kappa shape index (κ3) is 5.62. The number of aliphatic imine (C=N–C) groups is 2. The lowest BCUT2D eigenvalue weighted by molar-refractivity contribution is 0.674. The fraction of sp³-hybridized carbons (Fsp3) is 0.0175. The molecule has 1 unspecified atom stereocenters. The van der Waals surface area contributed by atoms with Crippen LogP contribution in [0.3, 0.4) is 0 Å². The zero-order valence-corrected chi connectivity index (χ0v) is 34.8. The van der Waals surface area contributed by atoms with Crippen LogP contribution >= 0.6 is 11.3 Å². The van der Waals surface area contributed by atoms with Crippen LogP contribution in [0.4, 0.5) is 0 Å². The van der Waals surface area contributed by atoms with Gasteiger partial charge in [0, 0.05) is 47.3 Å². The number of aromatic nitrogens is 2. The van der Waals surface area contributed by atoms with Crippen LogP contribution in [-0.4, -0.2) is 20.8 Å². The molecule has 1 aliphatic rings. The van der Waals surface area contributed by atoms with Gasteiger partial charge in [0.05, 0.1) is 39.0 Å². The molecule has 9 aromatic carbocycles. The van der Waals surface area contributed by atoms with E-state index >= 15 is 0 Å². The van der Waals surface area contributed by atoms with E-state index in [4.69, 9.17) is 9.98 Å². The maximum atomic E-state index is 5.66. The Hall–Kier alpha value is -8.06. The first-order valence-corrected chi connectivity index (χ1v) is 22.2. The number of hydrogen-bond acceptors (Lipinski definition) is 4. The molecule has 12 aromatic rings. The van der Waals surface area contributed by atoms with Crippen LogP contribution in [0.15, 0.2) is 222 Å². The van der Waals surface area contributed by atoms with Crippen molar-refractivity contribution in [3.8, 4) is 22.5 Å². The van der Waals surface area contributed by atoms with Gasteiger partial charge in [0.25, 0.3) is 0 Å². The van der Waals surface area contributed by atoms with Crippen LogP contribution in [0, 0.1) is 0 Å². The number of thiophene rings is 1. The molecule has 4 heterocycles. The van der Waals surface area contributed by atoms with Gasteiger partial charge >= 0.3 is 0 Å². The van der Waals surface area contributed by atoms with Crippen molar-refractivity contribution in [3.05, 3.63) is 229 Å². The van der Waals surface area contributed by atoms with Crippen molar-refractivity contribution in [3.63, 3.8) is 0 Å². The second-order valence-electron chi connectivity index (χ2n) is 16.1. The standard InChI is InChI=1S/C57H37N5S/c1-3-17-36(18-4-1)55-58-56(37-19-5-2-6-20-37)60-57(59-55)53-39(38-31-34-52-45(35-38)44-25-11-16-30-51(44)63-52)32-33-50(61-46-26-12-7-21-40(46)41-22-8-13-27-47(41)61)54(53)62-48-28-14-9-23-42(48)43-24-10-15-29-49(43)62/h1-35,55H,(H,58,59,60). The second-order valence-corrected chi connectivity index (χ2v) is 17.2. The SMILES string of the molecule is c1ccc(C2=NC(c3c(-c4ccc5sc6ccccc6c5c4)ccc(-n4c5ccccc5c5ccccc54)c3-n3c4ccccc4c4ccccc43)=NC(c3ccccc3)N2)cc1. The van der Waals surface area contributed by atoms with Gasteiger partial charge in [0.2, 0.25) is 0 Å². The summed E-state index contributed by atoms with van der Waals surface area (Å²) in [4.78, 5) is 11.3. The van der Waals surface area contributed by atoms with Gasteiger partial charge in [-0.25, -0.2) is 9.98 Å². The number of nitrogens with one attached hydrogen (secondary N) is 1. The number of nitrogens with zero attached hydrogens (tertiary/aromatic N) is 4. The fourth-order valence-corrected chi connectivity index (χ4v) is 10.9. The first-order valence-electron chi connectivity index (χ1n) is 21.4. The molecule has 0 fully saturated rings. The molecule has 1 N–H and O–H groups in total. The van der Waals surface area contributed by atoms with Crippen molar-refractivity contribution in [1.82, 2.24) is 14.5 Å². The van der Waals surface area contributed by atoms with Crippen LogP contribution in [0.5, 0.6) is 0 Å². The number of para-hydroxylation sites is 4. The monoisotopic (exact) mass is 823 g/mol. The Morgan fingerprint density at radius 1 is 0.429 bits per heavy atom. The van der Waals surface area contributed by atoms with Gasteiger partial charge in [0.15, 0.2) is 5.84 Å². The maximum absolute atomic E-state index is 5.66. The smallest absolute Gasteiger partial charge is 0.162 e. The van der Waals surface area contributed by atoms with Crippen molar-refractivity contribution >= 4 is 86.8 Å². The highest BCUT2D eigenvalue weighted by molar-refractivity contribution is 7.25. The largest absolute Gasteiger partial charge is 0.344 e. The molecule has 0 radical (unpaired) electrons. The Morgan fingerprint density at radius 2 is 0.952 bits per heavy atom. The Kier molecular flexibility index (Phi) is 8.08. The van der Waals surface area contributed by atoms with Gasteiger partial charge in [-0.15, -0.1) is 11.3 Å². The molecule has 3 aromatic heterocycles. The third-order valence-electron chi connectivity index (χ3n) is 12.6. The van der Waals surface area contributed by atoms with E-state index in [0.717, 1.165) is 67.1 Å². The molecule has 0 aliphatic carbocycles. The minimum absolute atomic E-state index is 0.395. The zero-order valence-electron chi connectivity index (χ0n) is 34.0. The average molecular weight is 824 g/mol. The van der Waals surface area contributed by atoms with Crippen molar-refractivity contribution in [2.24, 2.45) is 9.98 Å². The molecule has 13 rings (SSSR count). The highest BCUT2D eigenvalue weighted by Crippen LogP contribution is 2.44. The summed E-state index contributed by atoms with van der Waals surface area (Å²) in [5.41, 5.74) is 11.7. The maximum Gasteiger partial charge on any atom is 0.162 e. The molecule has 63 heavy (non-hydrogen) atoms. The molecular weight excluding hydrogens is 787 g/mol. The van der Waals surface area contributed by atoms with Crippen molar-refractivity contribution < 1.29 is 0 Å². The summed E-state index contributed by atoms with van der Waals surface area (Å²) in [6, 6.07) is 76.3. The van der Waals surface area contributed by atoms with Crippen LogP contribution in [-0.2, 0) is 0 Å². The Morgan fingerprint density at radius 3 is 1.59 bits per heavy atom. The summed E-state index contributed by atoms with van der Waals surface area (Å²) in [6.07, 6.45) is -0.395. The predicted octanol–water partition coefficient (Wildman–Crippen LogP) is 14.4. The first-order chi connectivity index (χ1) is 31.3. The van der Waals surface area contributed by atoms with Gasteiger partial charge in [-0.05, 0) is 65.2 Å². The van der Waals surface area contributed by atoms with Crippen molar-refractivity contribution in [2.45, 2.75) is 6.17 Å². The molecule has 0 spiro atoms. The number of hydrogen-bond donors (Lipinski definition) is 1. The average Bonchev–Trinajstić information content (AvgIpc) is 4.01. The second kappa shape index (κ2) is 14.3. The van der Waals surface area contributed by atoms with Crippen LogP contribution < -0.4 is 5.32 Å². The molecule has 0 saturated carbocycles. The van der Waals surface area contributed by atoms with E-state index in [2.05, 4.69) is 227 Å². The Bertz CT molecular complexity index is 3730. The van der Waals surface area contributed by atoms with E-state index in [1.165, 1.54) is 41.7 Å². The van der Waals surface area contributed by atoms with Gasteiger partial charge in [0.1, 0.15) is 12.0 Å². The van der Waals surface area contributed by atoms with E-state index in [1.54, 1.807) is 0 Å². The van der Waals surface area contributed by atoms with E-state index in [9.17, 15) is 0 Å². The molecule has 1 atom stereocenters. The van der Waals surface area contributed by atoms with E-state index in [1.807, 2.05) is 11.3 Å². The molecule has 6 heteroatoms. The first kappa shape index (κ1) is 35.7. The molecule has 0 bridgehead atoms. The number of fused-ring (bicyclic) bond motifs is 9. The van der Waals surface area contributed by atoms with E-state index < -0.39 is 6.17 Å². The minimum Gasteiger partial charge on any atom is -0.344 e. The molecule has 296 valence electrons. The van der Waals surface area contributed by atoms with Gasteiger partial charge in [-0.1, -0.05) is 164 Å². The molecule has 1 aliphatic heterocycles. The van der Waals surface area contributed by atoms with Gasteiger partial charge in [-0.3, -0.25) is 0 Å². The highest BCUT2D eigenvalue weighted by Gasteiger charge is 2.30. The van der Waals surface area contributed by atoms with Gasteiger partial charge in [-0.2, -0.15) is 0 Å². The zero-order chi connectivity index (χ0) is 41.4. The van der Waals surface area contributed by atoms with Crippen molar-refractivity contribution in [2.75, 3.05) is 0 Å². The molecular formula is C57H37N5S. The Balaban J connectivity index is 1.23. The topological polar surface area (TPSA) is 46.6 Å². The Labute approximate surface area is 367 Å². The highest BCUT2D eigenvalue weighted by atomic mass is 32.1. The van der Waals surface area contributed by atoms with Crippen molar-refractivity contribution in [1.29, 1.82) is 0 Å². The number of amidine groups is 2. The lowest BCUT2D eigenvalue weighted by Gasteiger charge is -2.27. The quantitative estimate of drug-likeness (QED) is 0.178. The predicted molar refractivity (Wildman–Crippen MR) is 265 cm³/mol. The summed E-state index contributed by atoms with van der Waals surface area (Å²) < 4.78 is 7.47. The lowest BCUT2D eigenvalue weighted by atomic mass is 9.94.